The maximum Gasteiger partial charge on any atom is 0.227 e. The molecule has 3 nitrogen and oxygen atoms in total. The van der Waals surface area contributed by atoms with Crippen LogP contribution in [0.1, 0.15) is 19.4 Å². The van der Waals surface area contributed by atoms with Crippen LogP contribution < -0.4 is 5.32 Å². The number of amides is 1. The predicted molar refractivity (Wildman–Crippen MR) is 68.7 cm³/mol. The Morgan fingerprint density at radius 1 is 1.50 bits per heavy atom. The van der Waals surface area contributed by atoms with E-state index in [1.54, 1.807) is 12.1 Å². The minimum Gasteiger partial charge on any atom is -0.337 e. The second-order valence-corrected chi connectivity index (χ2v) is 4.88. The second kappa shape index (κ2) is 5.48. The van der Waals surface area contributed by atoms with Crippen molar-refractivity contribution in [2.45, 2.75) is 32.4 Å². The minimum atomic E-state index is -0.290. The Morgan fingerprint density at radius 3 is 3.00 bits per heavy atom. The van der Waals surface area contributed by atoms with Gasteiger partial charge < -0.3 is 10.2 Å². The van der Waals surface area contributed by atoms with E-state index in [0.29, 0.717) is 6.04 Å². The molecule has 1 fully saturated rings. The van der Waals surface area contributed by atoms with Crippen molar-refractivity contribution < 1.29 is 9.18 Å². The third-order valence-corrected chi connectivity index (χ3v) is 3.60. The largest absolute Gasteiger partial charge is 0.337 e. The van der Waals surface area contributed by atoms with Crippen LogP contribution in [0.5, 0.6) is 0 Å². The summed E-state index contributed by atoms with van der Waals surface area (Å²) in [6.45, 7) is 5.66. The maximum atomic E-state index is 13.1. The Hall–Kier alpha value is -1.42. The molecule has 1 aliphatic rings. The lowest BCUT2D eigenvalue weighted by molar-refractivity contribution is -0.134. The number of nitrogens with zero attached hydrogens (tertiary/aromatic N) is 1. The quantitative estimate of drug-likeness (QED) is 0.864. The lowest BCUT2D eigenvalue weighted by atomic mass is 10.1. The number of carbonyl (C=O) groups is 1. The lowest BCUT2D eigenvalue weighted by Crippen LogP contribution is -2.57. The van der Waals surface area contributed by atoms with Crippen molar-refractivity contribution in [3.63, 3.8) is 0 Å². The fourth-order valence-corrected chi connectivity index (χ4v) is 2.33. The summed E-state index contributed by atoms with van der Waals surface area (Å²) in [5.41, 5.74) is 0.735. The molecule has 0 spiro atoms. The van der Waals surface area contributed by atoms with E-state index in [-0.39, 0.29) is 24.2 Å². The van der Waals surface area contributed by atoms with Gasteiger partial charge >= 0.3 is 0 Å². The van der Waals surface area contributed by atoms with Crippen molar-refractivity contribution in [2.24, 2.45) is 0 Å². The normalized spacial score (nSPS) is 24.1. The van der Waals surface area contributed by atoms with E-state index >= 15 is 0 Å². The molecule has 0 aromatic heterocycles. The first-order valence-corrected chi connectivity index (χ1v) is 6.35. The summed E-state index contributed by atoms with van der Waals surface area (Å²) in [6.07, 6.45) is 0.273. The highest BCUT2D eigenvalue weighted by molar-refractivity contribution is 5.79. The number of hydrogen-bond donors (Lipinski definition) is 1. The summed E-state index contributed by atoms with van der Waals surface area (Å²) in [4.78, 5) is 14.1. The number of rotatable bonds is 2. The highest BCUT2D eigenvalue weighted by Gasteiger charge is 2.27. The van der Waals surface area contributed by atoms with Crippen molar-refractivity contribution in [2.75, 3.05) is 13.1 Å². The number of carbonyl (C=O) groups excluding carboxylic acids is 1. The predicted octanol–water partition coefficient (Wildman–Crippen LogP) is 1.58. The summed E-state index contributed by atoms with van der Waals surface area (Å²) < 4.78 is 13.1. The van der Waals surface area contributed by atoms with Gasteiger partial charge in [0.15, 0.2) is 0 Å². The molecular formula is C14H19FN2O. The first-order chi connectivity index (χ1) is 8.58. The number of halogens is 1. The summed E-state index contributed by atoms with van der Waals surface area (Å²) in [5.74, 6) is -0.219. The number of benzene rings is 1. The number of hydrogen-bond acceptors (Lipinski definition) is 2. The second-order valence-electron chi connectivity index (χ2n) is 4.88. The van der Waals surface area contributed by atoms with Crippen molar-refractivity contribution in [1.82, 2.24) is 10.2 Å². The third kappa shape index (κ3) is 2.88. The lowest BCUT2D eigenvalue weighted by Gasteiger charge is -2.38. The van der Waals surface area contributed by atoms with Crippen LogP contribution in [-0.2, 0) is 11.2 Å². The van der Waals surface area contributed by atoms with E-state index in [4.69, 9.17) is 0 Å². The molecule has 1 amide bonds. The molecule has 1 saturated heterocycles. The van der Waals surface area contributed by atoms with E-state index in [0.717, 1.165) is 18.7 Å². The molecule has 0 saturated carbocycles. The van der Waals surface area contributed by atoms with Crippen LogP contribution in [0.3, 0.4) is 0 Å². The molecule has 2 rings (SSSR count). The van der Waals surface area contributed by atoms with E-state index < -0.39 is 0 Å². The first kappa shape index (κ1) is 13.0. The monoisotopic (exact) mass is 250 g/mol. The molecule has 1 heterocycles. The summed E-state index contributed by atoms with van der Waals surface area (Å²) in [7, 11) is 0. The van der Waals surface area contributed by atoms with Gasteiger partial charge in [-0.1, -0.05) is 12.1 Å². The smallest absolute Gasteiger partial charge is 0.227 e. The molecule has 2 atom stereocenters. The topological polar surface area (TPSA) is 32.3 Å². The Morgan fingerprint density at radius 2 is 2.28 bits per heavy atom. The standard InChI is InChI=1S/C14H19FN2O/c1-10-11(2)17(7-6-16-10)14(18)9-12-4-3-5-13(15)8-12/h3-5,8,10-11,16H,6-7,9H2,1-2H3. The van der Waals surface area contributed by atoms with Crippen molar-refractivity contribution in [3.05, 3.63) is 35.6 Å². The van der Waals surface area contributed by atoms with E-state index in [2.05, 4.69) is 12.2 Å². The molecule has 0 aliphatic carbocycles. The first-order valence-electron chi connectivity index (χ1n) is 6.35. The molecule has 1 aromatic carbocycles. The molecule has 0 bridgehead atoms. The molecule has 2 unspecified atom stereocenters. The van der Waals surface area contributed by atoms with Crippen LogP contribution in [0.25, 0.3) is 0 Å². The SMILES string of the molecule is CC1NCCN(C(=O)Cc2cccc(F)c2)C1C. The van der Waals surface area contributed by atoms with Gasteiger partial charge in [-0.05, 0) is 31.5 Å². The van der Waals surface area contributed by atoms with Gasteiger partial charge in [0.25, 0.3) is 0 Å². The van der Waals surface area contributed by atoms with Gasteiger partial charge in [0.2, 0.25) is 5.91 Å². The average molecular weight is 250 g/mol. The summed E-state index contributed by atoms with van der Waals surface area (Å²) >= 11 is 0. The fourth-order valence-electron chi connectivity index (χ4n) is 2.33. The number of nitrogens with one attached hydrogen (secondary N) is 1. The van der Waals surface area contributed by atoms with Gasteiger partial charge in [0, 0.05) is 25.2 Å². The van der Waals surface area contributed by atoms with Gasteiger partial charge in [-0.3, -0.25) is 4.79 Å². The van der Waals surface area contributed by atoms with E-state index in [1.165, 1.54) is 12.1 Å². The van der Waals surface area contributed by atoms with E-state index in [1.807, 2.05) is 11.8 Å². The molecule has 98 valence electrons. The zero-order valence-electron chi connectivity index (χ0n) is 10.8. The van der Waals surface area contributed by atoms with Gasteiger partial charge in [-0.2, -0.15) is 0 Å². The Kier molecular flexibility index (Phi) is 3.97. The van der Waals surface area contributed by atoms with Gasteiger partial charge in [0.1, 0.15) is 5.82 Å². The van der Waals surface area contributed by atoms with Crippen molar-refractivity contribution >= 4 is 5.91 Å². The Balaban J connectivity index is 2.03. The Bertz CT molecular complexity index is 436. The highest BCUT2D eigenvalue weighted by Crippen LogP contribution is 2.12. The third-order valence-electron chi connectivity index (χ3n) is 3.60. The average Bonchev–Trinajstić information content (AvgIpc) is 2.32. The van der Waals surface area contributed by atoms with Crippen LogP contribution >= 0.6 is 0 Å². The minimum absolute atomic E-state index is 0.0708. The maximum absolute atomic E-state index is 13.1. The molecule has 1 aromatic rings. The molecule has 18 heavy (non-hydrogen) atoms. The van der Waals surface area contributed by atoms with Crippen LogP contribution in [0, 0.1) is 5.82 Å². The molecule has 4 heteroatoms. The molecule has 1 aliphatic heterocycles. The van der Waals surface area contributed by atoms with Crippen LogP contribution in [-0.4, -0.2) is 36.0 Å². The van der Waals surface area contributed by atoms with Gasteiger partial charge in [-0.15, -0.1) is 0 Å². The zero-order chi connectivity index (χ0) is 13.1. The van der Waals surface area contributed by atoms with Crippen molar-refractivity contribution in [1.29, 1.82) is 0 Å². The van der Waals surface area contributed by atoms with Gasteiger partial charge in [-0.25, -0.2) is 4.39 Å². The fraction of sp³-hybridized carbons (Fsp3) is 0.500. The van der Waals surface area contributed by atoms with Crippen LogP contribution in [0.15, 0.2) is 24.3 Å². The summed E-state index contributed by atoms with van der Waals surface area (Å²) in [6, 6.07) is 6.73. The van der Waals surface area contributed by atoms with Crippen LogP contribution in [0.2, 0.25) is 0 Å². The number of piperazine rings is 1. The van der Waals surface area contributed by atoms with Crippen molar-refractivity contribution in [3.8, 4) is 0 Å². The molecule has 0 radical (unpaired) electrons. The summed E-state index contributed by atoms with van der Waals surface area (Å²) in [5, 5.41) is 3.34. The van der Waals surface area contributed by atoms with Gasteiger partial charge in [0.05, 0.1) is 6.42 Å². The molecule has 1 N–H and O–H groups in total. The zero-order valence-corrected chi connectivity index (χ0v) is 10.8. The molecular weight excluding hydrogens is 231 g/mol. The van der Waals surface area contributed by atoms with Crippen LogP contribution in [0.4, 0.5) is 4.39 Å². The Labute approximate surface area is 107 Å². The van der Waals surface area contributed by atoms with E-state index in [9.17, 15) is 9.18 Å². The highest BCUT2D eigenvalue weighted by atomic mass is 19.1.